The average Bonchev–Trinajstić information content (AvgIpc) is 2.52. The van der Waals surface area contributed by atoms with Crippen molar-refractivity contribution in [3.8, 4) is 5.75 Å². The third kappa shape index (κ3) is 11.5. The fourth-order valence-electron chi connectivity index (χ4n) is 2.31. The molecule has 1 aromatic rings. The van der Waals surface area contributed by atoms with E-state index in [2.05, 4.69) is 6.92 Å². The first kappa shape index (κ1) is 23.9. The first-order chi connectivity index (χ1) is 11.1. The summed E-state index contributed by atoms with van der Waals surface area (Å²) in [7, 11) is -3.57. The molecule has 0 radical (unpaired) electrons. The Morgan fingerprint density at radius 1 is 0.917 bits per heavy atom. The molecule has 0 aliphatic heterocycles. The number of hydrogen-bond donors (Lipinski definition) is 0. The summed E-state index contributed by atoms with van der Waals surface area (Å²) in [4.78, 5) is 0. The van der Waals surface area contributed by atoms with Crippen LogP contribution in [0.3, 0.4) is 0 Å². The molecule has 0 saturated carbocycles. The van der Waals surface area contributed by atoms with Crippen LogP contribution in [0.1, 0.15) is 57.9 Å². The van der Waals surface area contributed by atoms with Gasteiger partial charge in [-0.1, -0.05) is 51.2 Å². The molecule has 0 heterocycles. The van der Waals surface area contributed by atoms with E-state index >= 15 is 0 Å². The van der Waals surface area contributed by atoms with Crippen molar-refractivity contribution in [1.29, 1.82) is 0 Å². The molecule has 24 heavy (non-hydrogen) atoms. The van der Waals surface area contributed by atoms with Crippen molar-refractivity contribution in [3.05, 3.63) is 29.8 Å². The van der Waals surface area contributed by atoms with E-state index in [0.717, 1.165) is 6.42 Å². The Balaban J connectivity index is 0.00000529. The summed E-state index contributed by atoms with van der Waals surface area (Å²) >= 11 is 0. The molecule has 0 fully saturated rings. The van der Waals surface area contributed by atoms with Gasteiger partial charge < -0.3 is 8.92 Å². The number of ether oxygens (including phenoxy) is 1. The molecule has 134 valence electrons. The second kappa shape index (κ2) is 14.1. The molecule has 1 rings (SSSR count). The van der Waals surface area contributed by atoms with Gasteiger partial charge in [0.1, 0.15) is 11.5 Å². The molecule has 4 nitrogen and oxygen atoms in total. The average molecular weight is 366 g/mol. The van der Waals surface area contributed by atoms with Crippen LogP contribution < -0.4 is 4.18 Å². The molecule has 0 N–H and O–H groups in total. The molecule has 0 atom stereocenters. The predicted octanol–water partition coefficient (Wildman–Crippen LogP) is 3.69. The summed E-state index contributed by atoms with van der Waals surface area (Å²) in [6, 6.07) is 7.34. The summed E-state index contributed by atoms with van der Waals surface area (Å²) in [6.45, 7) is 4.72. The van der Waals surface area contributed by atoms with E-state index in [1.54, 1.807) is 12.1 Å². The topological polar surface area (TPSA) is 52.6 Å². The van der Waals surface area contributed by atoms with Gasteiger partial charge in [-0.05, 0) is 37.5 Å². The Morgan fingerprint density at radius 3 is 2.17 bits per heavy atom. The van der Waals surface area contributed by atoms with Gasteiger partial charge in [-0.3, -0.25) is 0 Å². The van der Waals surface area contributed by atoms with E-state index in [1.165, 1.54) is 44.1 Å². The summed E-state index contributed by atoms with van der Waals surface area (Å²) in [5.41, 5.74) is 1.22. The van der Waals surface area contributed by atoms with E-state index in [1.807, 2.05) is 19.1 Å². The molecule has 0 aliphatic rings. The van der Waals surface area contributed by atoms with Gasteiger partial charge >= 0.3 is 39.7 Å². The molecule has 6 heteroatoms. The molecular weight excluding hydrogens is 335 g/mol. The monoisotopic (exact) mass is 366 g/mol. The predicted molar refractivity (Wildman–Crippen MR) is 102 cm³/mol. The van der Waals surface area contributed by atoms with Gasteiger partial charge in [-0.15, -0.1) is 0 Å². The zero-order chi connectivity index (χ0) is 17.0. The molecule has 0 aromatic heterocycles. The van der Waals surface area contributed by atoms with Crippen LogP contribution in [0.4, 0.5) is 0 Å². The third-order valence-electron chi connectivity index (χ3n) is 3.65. The van der Waals surface area contributed by atoms with Crippen molar-refractivity contribution in [2.75, 3.05) is 19.0 Å². The van der Waals surface area contributed by atoms with Crippen molar-refractivity contribution >= 4 is 39.7 Å². The maximum atomic E-state index is 11.8. The Hall–Kier alpha value is -0.0700. The normalized spacial score (nSPS) is 11.1. The Bertz CT molecular complexity index is 514. The second-order valence-electron chi connectivity index (χ2n) is 5.70. The molecule has 0 amide bonds. The van der Waals surface area contributed by atoms with Crippen LogP contribution in [0.2, 0.25) is 0 Å². The third-order valence-corrected chi connectivity index (χ3v) is 4.76. The van der Waals surface area contributed by atoms with Crippen molar-refractivity contribution in [1.82, 2.24) is 0 Å². The number of hydrogen-bond acceptors (Lipinski definition) is 4. The number of benzene rings is 1. The van der Waals surface area contributed by atoms with Crippen LogP contribution in [0, 0.1) is 0 Å². The van der Waals surface area contributed by atoms with E-state index in [9.17, 15) is 8.42 Å². The first-order valence-electron chi connectivity index (χ1n) is 8.66. The Kier molecular flexibility index (Phi) is 14.1. The Morgan fingerprint density at radius 2 is 1.54 bits per heavy atom. The van der Waals surface area contributed by atoms with E-state index in [0.29, 0.717) is 12.4 Å². The zero-order valence-corrected chi connectivity index (χ0v) is 15.2. The minimum atomic E-state index is -3.57. The van der Waals surface area contributed by atoms with Crippen molar-refractivity contribution < 1.29 is 17.3 Å². The van der Waals surface area contributed by atoms with Gasteiger partial charge in [-0.25, -0.2) is 0 Å². The van der Waals surface area contributed by atoms with E-state index in [4.69, 9.17) is 8.92 Å². The standard InChI is InChI=1S/C18H30O4S.Na.H/c1-3-5-6-7-8-9-10-17-11-13-18(14-12-17)22-23(19,20)16-15-21-4-2;;/h11-14H,3-10,15-16H2,1-2H3;;. The van der Waals surface area contributed by atoms with Gasteiger partial charge in [0.25, 0.3) is 0 Å². The van der Waals surface area contributed by atoms with Crippen LogP contribution >= 0.6 is 0 Å². The first-order valence-corrected chi connectivity index (χ1v) is 10.2. The van der Waals surface area contributed by atoms with Gasteiger partial charge in [-0.2, -0.15) is 8.42 Å². The van der Waals surface area contributed by atoms with E-state index in [-0.39, 0.29) is 41.9 Å². The molecule has 0 bridgehead atoms. The summed E-state index contributed by atoms with van der Waals surface area (Å²) in [5, 5.41) is 0. The van der Waals surface area contributed by atoms with Crippen LogP contribution in [0.25, 0.3) is 0 Å². The summed E-state index contributed by atoms with van der Waals surface area (Å²) in [5.74, 6) is 0.244. The molecular formula is C18H31NaO4S. The van der Waals surface area contributed by atoms with Crippen molar-refractivity contribution in [2.24, 2.45) is 0 Å². The van der Waals surface area contributed by atoms with Crippen molar-refractivity contribution in [2.45, 2.75) is 58.8 Å². The van der Waals surface area contributed by atoms with Crippen LogP contribution in [-0.2, 0) is 21.3 Å². The second-order valence-corrected chi connectivity index (χ2v) is 7.39. The maximum absolute atomic E-state index is 11.8. The van der Waals surface area contributed by atoms with Crippen LogP contribution in [0.5, 0.6) is 5.75 Å². The minimum absolute atomic E-state index is 0. The van der Waals surface area contributed by atoms with Gasteiger partial charge in [0.15, 0.2) is 0 Å². The fourth-order valence-corrected chi connectivity index (χ4v) is 3.12. The zero-order valence-electron chi connectivity index (χ0n) is 14.4. The quantitative estimate of drug-likeness (QED) is 0.304. The van der Waals surface area contributed by atoms with E-state index < -0.39 is 10.1 Å². The SMILES string of the molecule is CCCCCCCCc1ccc(OS(=O)(=O)CCOCC)cc1.[NaH]. The van der Waals surface area contributed by atoms with Gasteiger partial charge in [0.05, 0.1) is 6.61 Å². The molecule has 0 unspecified atom stereocenters. The number of aryl methyl sites for hydroxylation is 1. The fraction of sp³-hybridized carbons (Fsp3) is 0.667. The number of rotatable bonds is 13. The molecule has 1 aromatic carbocycles. The Labute approximate surface area is 169 Å². The molecule has 0 aliphatic carbocycles. The van der Waals surface area contributed by atoms with Crippen LogP contribution in [0.15, 0.2) is 24.3 Å². The summed E-state index contributed by atoms with van der Waals surface area (Å²) in [6.07, 6.45) is 8.68. The van der Waals surface area contributed by atoms with Crippen LogP contribution in [-0.4, -0.2) is 56.9 Å². The van der Waals surface area contributed by atoms with Gasteiger partial charge in [0.2, 0.25) is 0 Å². The summed E-state index contributed by atoms with van der Waals surface area (Å²) < 4.78 is 33.6. The molecule has 0 saturated heterocycles. The van der Waals surface area contributed by atoms with Gasteiger partial charge in [0, 0.05) is 6.61 Å². The van der Waals surface area contributed by atoms with Crippen molar-refractivity contribution in [3.63, 3.8) is 0 Å². The number of unbranched alkanes of at least 4 members (excludes halogenated alkanes) is 5. The molecule has 0 spiro atoms.